The third-order valence-corrected chi connectivity index (χ3v) is 3.61. The van der Waals surface area contributed by atoms with Gasteiger partial charge in [0.2, 0.25) is 0 Å². The number of halogens is 2. The van der Waals surface area contributed by atoms with E-state index in [1.165, 1.54) is 0 Å². The maximum Gasteiger partial charge on any atom is 0.287 e. The first-order valence-electron chi connectivity index (χ1n) is 6.20. The molecule has 3 N–H and O–H groups in total. The molecule has 4 nitrogen and oxygen atoms in total. The van der Waals surface area contributed by atoms with Gasteiger partial charge in [-0.2, -0.15) is 0 Å². The van der Waals surface area contributed by atoms with Crippen molar-refractivity contribution in [2.24, 2.45) is 11.7 Å². The Balaban J connectivity index is 0.00000200. The monoisotopic (exact) mass is 360 g/mol. The van der Waals surface area contributed by atoms with Crippen LogP contribution in [0, 0.1) is 12.8 Å². The second-order valence-corrected chi connectivity index (χ2v) is 5.66. The number of furan rings is 1. The van der Waals surface area contributed by atoms with Crippen molar-refractivity contribution in [3.8, 4) is 0 Å². The van der Waals surface area contributed by atoms with E-state index in [1.807, 2.05) is 32.0 Å². The van der Waals surface area contributed by atoms with E-state index in [0.29, 0.717) is 18.8 Å². The van der Waals surface area contributed by atoms with Gasteiger partial charge >= 0.3 is 0 Å². The highest BCUT2D eigenvalue weighted by molar-refractivity contribution is 9.10. The van der Waals surface area contributed by atoms with Crippen LogP contribution in [0.4, 0.5) is 0 Å². The van der Waals surface area contributed by atoms with E-state index in [9.17, 15) is 4.79 Å². The zero-order valence-electron chi connectivity index (χ0n) is 11.4. The normalized spacial score (nSPS) is 12.0. The van der Waals surface area contributed by atoms with Crippen LogP contribution in [0.25, 0.3) is 11.0 Å². The molecule has 0 aliphatic heterocycles. The predicted molar refractivity (Wildman–Crippen MR) is 86.5 cm³/mol. The molecular weight excluding hydrogens is 344 g/mol. The van der Waals surface area contributed by atoms with Crippen LogP contribution in [0.3, 0.4) is 0 Å². The van der Waals surface area contributed by atoms with Crippen molar-refractivity contribution in [1.29, 1.82) is 0 Å². The number of rotatable bonds is 4. The largest absolute Gasteiger partial charge is 0.451 e. The lowest BCUT2D eigenvalue weighted by Crippen LogP contribution is -2.31. The van der Waals surface area contributed by atoms with Gasteiger partial charge in [-0.1, -0.05) is 22.9 Å². The van der Waals surface area contributed by atoms with E-state index in [-0.39, 0.29) is 24.2 Å². The van der Waals surface area contributed by atoms with E-state index < -0.39 is 0 Å². The molecule has 0 fully saturated rings. The summed E-state index contributed by atoms with van der Waals surface area (Å²) in [6, 6.07) is 5.70. The fourth-order valence-electron chi connectivity index (χ4n) is 1.84. The Morgan fingerprint density at radius 2 is 2.20 bits per heavy atom. The first-order valence-corrected chi connectivity index (χ1v) is 6.99. The van der Waals surface area contributed by atoms with Crippen LogP contribution in [0.1, 0.15) is 23.0 Å². The van der Waals surface area contributed by atoms with Crippen LogP contribution < -0.4 is 11.1 Å². The zero-order chi connectivity index (χ0) is 14.0. The summed E-state index contributed by atoms with van der Waals surface area (Å²) in [5, 5.41) is 3.79. The fourth-order valence-corrected chi connectivity index (χ4v) is 2.20. The molecule has 0 bridgehead atoms. The zero-order valence-corrected chi connectivity index (χ0v) is 13.8. The Morgan fingerprint density at radius 1 is 1.50 bits per heavy atom. The van der Waals surface area contributed by atoms with Crippen LogP contribution in [0.15, 0.2) is 27.1 Å². The molecule has 1 aromatic heterocycles. The lowest BCUT2D eigenvalue weighted by atomic mass is 10.1. The van der Waals surface area contributed by atoms with Crippen LogP contribution >= 0.6 is 28.3 Å². The lowest BCUT2D eigenvalue weighted by molar-refractivity contribution is 0.0922. The Kier molecular flexibility index (Phi) is 6.05. The van der Waals surface area contributed by atoms with Crippen molar-refractivity contribution < 1.29 is 9.21 Å². The fraction of sp³-hybridized carbons (Fsp3) is 0.357. The highest BCUT2D eigenvalue weighted by Crippen LogP contribution is 2.27. The molecule has 0 spiro atoms. The Hall–Kier alpha value is -1.04. The summed E-state index contributed by atoms with van der Waals surface area (Å²) in [4.78, 5) is 12.1. The molecule has 1 aromatic carbocycles. The molecule has 20 heavy (non-hydrogen) atoms. The molecule has 2 rings (SSSR count). The minimum absolute atomic E-state index is 0. The second-order valence-electron chi connectivity index (χ2n) is 4.75. The van der Waals surface area contributed by atoms with Gasteiger partial charge in [-0.25, -0.2) is 0 Å². The van der Waals surface area contributed by atoms with Gasteiger partial charge in [0, 0.05) is 22.0 Å². The van der Waals surface area contributed by atoms with Gasteiger partial charge in [0.05, 0.1) is 0 Å². The summed E-state index contributed by atoms with van der Waals surface area (Å²) in [5.74, 6) is 0.435. The van der Waals surface area contributed by atoms with E-state index in [1.54, 1.807) is 0 Å². The topological polar surface area (TPSA) is 68.3 Å². The average Bonchev–Trinajstić information content (AvgIpc) is 2.73. The number of hydrogen-bond acceptors (Lipinski definition) is 3. The molecule has 0 radical (unpaired) electrons. The third kappa shape index (κ3) is 3.53. The molecule has 110 valence electrons. The first-order chi connectivity index (χ1) is 9.02. The Morgan fingerprint density at radius 3 is 2.85 bits per heavy atom. The van der Waals surface area contributed by atoms with Crippen molar-refractivity contribution >= 4 is 45.2 Å². The second kappa shape index (κ2) is 7.11. The van der Waals surface area contributed by atoms with Gasteiger partial charge in [-0.15, -0.1) is 12.4 Å². The maximum absolute atomic E-state index is 12.1. The van der Waals surface area contributed by atoms with E-state index >= 15 is 0 Å². The van der Waals surface area contributed by atoms with Gasteiger partial charge in [0.25, 0.3) is 5.91 Å². The predicted octanol–water partition coefficient (Wildman–Crippen LogP) is 3.25. The number of benzene rings is 1. The quantitative estimate of drug-likeness (QED) is 0.878. The molecule has 0 saturated carbocycles. The standard InChI is InChI=1S/C14H17BrN2O2.ClH/c1-8(6-16)7-17-14(18)13-9(2)11-5-10(15)3-4-12(11)19-13;/h3-5,8H,6-7,16H2,1-2H3,(H,17,18);1H. The number of carbonyl (C=O) groups excluding carboxylic acids is 1. The summed E-state index contributed by atoms with van der Waals surface area (Å²) in [6.45, 7) is 4.98. The summed E-state index contributed by atoms with van der Waals surface area (Å²) in [7, 11) is 0. The molecule has 0 aliphatic rings. The van der Waals surface area contributed by atoms with Crippen molar-refractivity contribution in [3.05, 3.63) is 34.0 Å². The van der Waals surface area contributed by atoms with Gasteiger partial charge in [-0.05, 0) is 37.6 Å². The molecule has 6 heteroatoms. The van der Waals surface area contributed by atoms with E-state index in [2.05, 4.69) is 21.2 Å². The third-order valence-electron chi connectivity index (χ3n) is 3.12. The molecule has 1 atom stereocenters. The molecule has 1 amide bonds. The minimum atomic E-state index is -0.190. The van der Waals surface area contributed by atoms with Crippen LogP contribution in [-0.4, -0.2) is 19.0 Å². The van der Waals surface area contributed by atoms with Crippen molar-refractivity contribution in [1.82, 2.24) is 5.32 Å². The Bertz CT molecular complexity index is 612. The summed E-state index contributed by atoms with van der Waals surface area (Å²) in [6.07, 6.45) is 0. The van der Waals surface area contributed by atoms with Crippen molar-refractivity contribution in [2.45, 2.75) is 13.8 Å². The number of hydrogen-bond donors (Lipinski definition) is 2. The number of amides is 1. The maximum atomic E-state index is 12.1. The smallest absolute Gasteiger partial charge is 0.287 e. The van der Waals surface area contributed by atoms with Crippen LogP contribution in [-0.2, 0) is 0 Å². The minimum Gasteiger partial charge on any atom is -0.451 e. The number of nitrogens with two attached hydrogens (primary N) is 1. The average molecular weight is 362 g/mol. The summed E-state index contributed by atoms with van der Waals surface area (Å²) in [5.41, 5.74) is 7.10. The highest BCUT2D eigenvalue weighted by atomic mass is 79.9. The van der Waals surface area contributed by atoms with Gasteiger partial charge < -0.3 is 15.5 Å². The lowest BCUT2D eigenvalue weighted by Gasteiger charge is -2.08. The van der Waals surface area contributed by atoms with Gasteiger partial charge in [0.15, 0.2) is 5.76 Å². The molecule has 0 saturated heterocycles. The molecule has 1 unspecified atom stereocenters. The van der Waals surface area contributed by atoms with Crippen molar-refractivity contribution in [2.75, 3.05) is 13.1 Å². The van der Waals surface area contributed by atoms with Gasteiger partial charge in [-0.3, -0.25) is 4.79 Å². The van der Waals surface area contributed by atoms with Crippen LogP contribution in [0.5, 0.6) is 0 Å². The SMILES string of the molecule is Cc1c(C(=O)NCC(C)CN)oc2ccc(Br)cc12.Cl. The van der Waals surface area contributed by atoms with Crippen molar-refractivity contribution in [3.63, 3.8) is 0 Å². The van der Waals surface area contributed by atoms with E-state index in [4.69, 9.17) is 10.2 Å². The number of aryl methyl sites for hydroxylation is 1. The number of nitrogens with one attached hydrogen (secondary N) is 1. The molecule has 2 aromatic rings. The van der Waals surface area contributed by atoms with Gasteiger partial charge in [0.1, 0.15) is 5.58 Å². The summed E-state index contributed by atoms with van der Waals surface area (Å²) < 4.78 is 6.58. The molecule has 0 aliphatic carbocycles. The molecule has 1 heterocycles. The van der Waals surface area contributed by atoms with E-state index in [0.717, 1.165) is 21.0 Å². The number of carbonyl (C=O) groups is 1. The highest BCUT2D eigenvalue weighted by Gasteiger charge is 2.17. The molecular formula is C14H18BrClN2O2. The Labute approximate surface area is 132 Å². The first kappa shape index (κ1) is 17.0. The summed E-state index contributed by atoms with van der Waals surface area (Å²) >= 11 is 3.42. The van der Waals surface area contributed by atoms with Crippen LogP contribution in [0.2, 0.25) is 0 Å². The number of fused-ring (bicyclic) bond motifs is 1.